The summed E-state index contributed by atoms with van der Waals surface area (Å²) in [4.78, 5) is 12.3. The quantitative estimate of drug-likeness (QED) is 0.0475. The standard InChI is InChI=1S/C41H79NO3/c1-3-5-7-9-11-13-15-17-18-19-20-21-22-23-24-25-27-29-31-33-35-37-41(45)42-39(38-43)40(44)36-34-32-30-28-26-16-14-12-10-8-6-4-2/h26,28,34,36,39-40,43-44H,3-25,27,29-33,35,37-38H2,1-2H3,(H,42,45)/b28-26+,36-34+/t39-,40+/m0/s1. The first-order valence-electron chi connectivity index (χ1n) is 20.1. The summed E-state index contributed by atoms with van der Waals surface area (Å²) in [5.74, 6) is -0.0723. The molecule has 0 bridgehead atoms. The van der Waals surface area contributed by atoms with Crippen molar-refractivity contribution in [2.24, 2.45) is 0 Å². The van der Waals surface area contributed by atoms with Crippen molar-refractivity contribution in [3.8, 4) is 0 Å². The number of amides is 1. The van der Waals surface area contributed by atoms with E-state index in [9.17, 15) is 15.0 Å². The lowest BCUT2D eigenvalue weighted by Gasteiger charge is -2.19. The summed E-state index contributed by atoms with van der Waals surface area (Å²) in [6.07, 6.45) is 47.1. The van der Waals surface area contributed by atoms with Crippen LogP contribution in [0.3, 0.4) is 0 Å². The molecule has 2 atom stereocenters. The van der Waals surface area contributed by atoms with E-state index in [1.54, 1.807) is 6.08 Å². The second kappa shape index (κ2) is 37.3. The molecule has 1 amide bonds. The highest BCUT2D eigenvalue weighted by Crippen LogP contribution is 2.15. The molecule has 0 radical (unpaired) electrons. The van der Waals surface area contributed by atoms with E-state index in [1.807, 2.05) is 6.08 Å². The number of unbranched alkanes of at least 4 members (excludes halogenated alkanes) is 27. The molecule has 0 fully saturated rings. The van der Waals surface area contributed by atoms with Crippen molar-refractivity contribution in [2.75, 3.05) is 6.61 Å². The Morgan fingerprint density at radius 3 is 1.29 bits per heavy atom. The smallest absolute Gasteiger partial charge is 0.220 e. The topological polar surface area (TPSA) is 69.6 Å². The number of aliphatic hydroxyl groups is 2. The summed E-state index contributed by atoms with van der Waals surface area (Å²) in [6.45, 7) is 4.28. The van der Waals surface area contributed by atoms with Crippen LogP contribution in [0.15, 0.2) is 24.3 Å². The van der Waals surface area contributed by atoms with E-state index in [4.69, 9.17) is 0 Å². The first-order chi connectivity index (χ1) is 22.2. The Morgan fingerprint density at radius 2 is 0.867 bits per heavy atom. The fourth-order valence-corrected chi connectivity index (χ4v) is 6.08. The predicted molar refractivity (Wildman–Crippen MR) is 198 cm³/mol. The molecule has 0 saturated carbocycles. The maximum absolute atomic E-state index is 12.3. The van der Waals surface area contributed by atoms with Crippen molar-refractivity contribution < 1.29 is 15.0 Å². The molecule has 0 aliphatic rings. The number of carbonyl (C=O) groups excluding carboxylic acids is 1. The highest BCUT2D eigenvalue weighted by Gasteiger charge is 2.17. The molecule has 0 unspecified atom stereocenters. The van der Waals surface area contributed by atoms with E-state index in [0.717, 1.165) is 32.1 Å². The first-order valence-corrected chi connectivity index (χ1v) is 20.1. The summed E-state index contributed by atoms with van der Waals surface area (Å²) >= 11 is 0. The van der Waals surface area contributed by atoms with Crippen molar-refractivity contribution in [1.29, 1.82) is 0 Å². The van der Waals surface area contributed by atoms with Gasteiger partial charge in [-0.15, -0.1) is 0 Å². The normalized spacial score (nSPS) is 13.2. The molecular formula is C41H79NO3. The van der Waals surface area contributed by atoms with Crippen LogP contribution < -0.4 is 5.32 Å². The molecule has 0 aromatic heterocycles. The van der Waals surface area contributed by atoms with Gasteiger partial charge in [-0.2, -0.15) is 0 Å². The van der Waals surface area contributed by atoms with Gasteiger partial charge in [-0.05, 0) is 32.1 Å². The number of nitrogens with one attached hydrogen (secondary N) is 1. The number of carbonyl (C=O) groups is 1. The Morgan fingerprint density at radius 1 is 0.511 bits per heavy atom. The summed E-state index contributed by atoms with van der Waals surface area (Å²) < 4.78 is 0. The first kappa shape index (κ1) is 43.9. The largest absolute Gasteiger partial charge is 0.394 e. The van der Waals surface area contributed by atoms with E-state index in [-0.39, 0.29) is 12.5 Å². The number of hydrogen-bond acceptors (Lipinski definition) is 3. The van der Waals surface area contributed by atoms with Gasteiger partial charge >= 0.3 is 0 Å². The Labute approximate surface area is 281 Å². The van der Waals surface area contributed by atoms with Crippen LogP contribution in [0.5, 0.6) is 0 Å². The highest BCUT2D eigenvalue weighted by molar-refractivity contribution is 5.76. The fourth-order valence-electron chi connectivity index (χ4n) is 6.08. The lowest BCUT2D eigenvalue weighted by Crippen LogP contribution is -2.45. The van der Waals surface area contributed by atoms with Gasteiger partial charge in [-0.3, -0.25) is 4.79 Å². The van der Waals surface area contributed by atoms with E-state index in [2.05, 4.69) is 31.3 Å². The van der Waals surface area contributed by atoms with Gasteiger partial charge in [0.2, 0.25) is 5.91 Å². The number of aliphatic hydroxyl groups excluding tert-OH is 2. The number of hydrogen-bond donors (Lipinski definition) is 3. The summed E-state index contributed by atoms with van der Waals surface area (Å²) in [5.41, 5.74) is 0. The highest BCUT2D eigenvalue weighted by atomic mass is 16.3. The maximum atomic E-state index is 12.3. The third-order valence-electron chi connectivity index (χ3n) is 9.19. The van der Waals surface area contributed by atoms with Crippen LogP contribution >= 0.6 is 0 Å². The van der Waals surface area contributed by atoms with Gasteiger partial charge in [0.15, 0.2) is 0 Å². The molecule has 3 N–H and O–H groups in total. The Kier molecular flexibility index (Phi) is 36.4. The van der Waals surface area contributed by atoms with Crippen LogP contribution in [0.1, 0.15) is 213 Å². The van der Waals surface area contributed by atoms with Gasteiger partial charge in [0.25, 0.3) is 0 Å². The van der Waals surface area contributed by atoms with Crippen molar-refractivity contribution >= 4 is 5.91 Å². The van der Waals surface area contributed by atoms with Crippen LogP contribution in [0.4, 0.5) is 0 Å². The van der Waals surface area contributed by atoms with E-state index in [1.165, 1.54) is 161 Å². The van der Waals surface area contributed by atoms with Gasteiger partial charge in [0.05, 0.1) is 18.8 Å². The third kappa shape index (κ3) is 34.0. The van der Waals surface area contributed by atoms with E-state index < -0.39 is 12.1 Å². The van der Waals surface area contributed by atoms with Crippen molar-refractivity contribution in [2.45, 2.75) is 225 Å². The third-order valence-corrected chi connectivity index (χ3v) is 9.19. The molecule has 0 rings (SSSR count). The molecule has 266 valence electrons. The van der Waals surface area contributed by atoms with E-state index in [0.29, 0.717) is 6.42 Å². The zero-order valence-corrected chi connectivity index (χ0v) is 30.4. The van der Waals surface area contributed by atoms with Crippen LogP contribution in [-0.4, -0.2) is 34.9 Å². The van der Waals surface area contributed by atoms with Crippen LogP contribution in [-0.2, 0) is 4.79 Å². The van der Waals surface area contributed by atoms with Crippen LogP contribution in [0.25, 0.3) is 0 Å². The van der Waals surface area contributed by atoms with Gasteiger partial charge in [0.1, 0.15) is 0 Å². The second-order valence-corrected chi connectivity index (χ2v) is 13.7. The minimum Gasteiger partial charge on any atom is -0.394 e. The Bertz CT molecular complexity index is 647. The lowest BCUT2D eigenvalue weighted by molar-refractivity contribution is -0.123. The van der Waals surface area contributed by atoms with Crippen molar-refractivity contribution in [3.63, 3.8) is 0 Å². The maximum Gasteiger partial charge on any atom is 0.220 e. The molecule has 4 nitrogen and oxygen atoms in total. The van der Waals surface area contributed by atoms with E-state index >= 15 is 0 Å². The SMILES string of the molecule is CCCCCCCC/C=C/CC/C=C/[C@@H](O)[C@H](CO)NC(=O)CCCCCCCCCCCCCCCCCCCCCCC. The zero-order valence-electron chi connectivity index (χ0n) is 30.4. The fraction of sp³-hybridized carbons (Fsp3) is 0.878. The van der Waals surface area contributed by atoms with Crippen molar-refractivity contribution in [3.05, 3.63) is 24.3 Å². The molecule has 0 aliphatic heterocycles. The lowest BCUT2D eigenvalue weighted by atomic mass is 10.0. The molecule has 0 saturated heterocycles. The summed E-state index contributed by atoms with van der Waals surface area (Å²) in [6, 6.07) is -0.632. The predicted octanol–water partition coefficient (Wildman–Crippen LogP) is 12.1. The van der Waals surface area contributed by atoms with Crippen LogP contribution in [0, 0.1) is 0 Å². The molecule has 45 heavy (non-hydrogen) atoms. The Balaban J connectivity index is 3.55. The van der Waals surface area contributed by atoms with Gasteiger partial charge in [-0.25, -0.2) is 0 Å². The molecule has 0 heterocycles. The van der Waals surface area contributed by atoms with Crippen molar-refractivity contribution in [1.82, 2.24) is 5.32 Å². The minimum absolute atomic E-state index is 0.0723. The van der Waals surface area contributed by atoms with Crippen LogP contribution in [0.2, 0.25) is 0 Å². The average Bonchev–Trinajstić information content (AvgIpc) is 3.04. The second-order valence-electron chi connectivity index (χ2n) is 13.7. The zero-order chi connectivity index (χ0) is 32.9. The minimum atomic E-state index is -0.856. The van der Waals surface area contributed by atoms with Gasteiger partial charge in [0, 0.05) is 6.42 Å². The summed E-state index contributed by atoms with van der Waals surface area (Å²) in [7, 11) is 0. The monoisotopic (exact) mass is 634 g/mol. The molecular weight excluding hydrogens is 554 g/mol. The number of allylic oxidation sites excluding steroid dienone is 3. The summed E-state index contributed by atoms with van der Waals surface area (Å²) in [5, 5.41) is 22.9. The molecule has 0 aromatic carbocycles. The Hall–Kier alpha value is -1.13. The molecule has 0 aromatic rings. The van der Waals surface area contributed by atoms with Gasteiger partial charge in [-0.1, -0.05) is 199 Å². The molecule has 4 heteroatoms. The molecule has 0 spiro atoms. The number of rotatable bonds is 36. The molecule has 0 aliphatic carbocycles. The average molecular weight is 634 g/mol. The van der Waals surface area contributed by atoms with Gasteiger partial charge < -0.3 is 15.5 Å².